The molecule has 0 saturated heterocycles. The van der Waals surface area contributed by atoms with Gasteiger partial charge in [-0.25, -0.2) is 0 Å². The van der Waals surface area contributed by atoms with Gasteiger partial charge < -0.3 is 16.4 Å². The van der Waals surface area contributed by atoms with Crippen molar-refractivity contribution in [2.24, 2.45) is 0 Å². The molecule has 0 amide bonds. The maximum atomic E-state index is 0. The van der Waals surface area contributed by atoms with Crippen LogP contribution in [0, 0.1) is 0 Å². The summed E-state index contributed by atoms with van der Waals surface area (Å²) in [6.45, 7) is 0. The van der Waals surface area contributed by atoms with Crippen LogP contribution in [0.5, 0.6) is 0 Å². The number of hydrogen-bond acceptors (Lipinski definition) is 3. The van der Waals surface area contributed by atoms with E-state index in [-0.39, 0.29) is 51.2 Å². The van der Waals surface area contributed by atoms with Crippen molar-refractivity contribution in [3.63, 3.8) is 0 Å². The molecule has 0 aliphatic rings. The molecule has 0 spiro atoms. The van der Waals surface area contributed by atoms with Gasteiger partial charge in [-0.1, -0.05) is 0 Å². The van der Waals surface area contributed by atoms with Crippen LogP contribution in [0.15, 0.2) is 0 Å². The van der Waals surface area contributed by atoms with Crippen molar-refractivity contribution in [1.29, 1.82) is 0 Å². The van der Waals surface area contributed by atoms with Gasteiger partial charge in [0.25, 0.3) is 0 Å². The van der Waals surface area contributed by atoms with Gasteiger partial charge in [0.1, 0.15) is 0 Å². The Morgan fingerprint density at radius 3 is 0.600 bits per heavy atom. The first-order valence-electron chi connectivity index (χ1n) is 0. The van der Waals surface area contributed by atoms with Crippen molar-refractivity contribution < 1.29 is 16.4 Å². The number of hydrogen-bond donors (Lipinski definition) is 0. The Balaban J connectivity index is 0. The Labute approximate surface area is 51.6 Å². The molecule has 0 aliphatic heterocycles. The van der Waals surface area contributed by atoms with Gasteiger partial charge in [-0.2, -0.15) is 0 Å². The summed E-state index contributed by atoms with van der Waals surface area (Å²) in [6.07, 6.45) is 0. The Hall–Kier alpha value is 0.945. The summed E-state index contributed by atoms with van der Waals surface area (Å²) in [5, 5.41) is 0. The molecule has 0 fully saturated rings. The molecule has 0 aromatic carbocycles. The van der Waals surface area contributed by atoms with Gasteiger partial charge in [-0.05, 0) is 0 Å². The third-order valence-corrected chi connectivity index (χ3v) is 0. The Morgan fingerprint density at radius 2 is 0.600 bits per heavy atom. The first kappa shape index (κ1) is 163. The average Bonchev–Trinajstić information content (AvgIpc) is 0. The van der Waals surface area contributed by atoms with Crippen molar-refractivity contribution in [1.82, 2.24) is 0 Å². The predicted octanol–water partition coefficient (Wildman–Crippen LogP) is -1.29. The van der Waals surface area contributed by atoms with Crippen LogP contribution in [0.25, 0.3) is 0 Å². The van der Waals surface area contributed by atoms with Crippen molar-refractivity contribution in [3.8, 4) is 0 Å². The molecule has 0 bridgehead atoms. The molecule has 0 heterocycles. The van der Waals surface area contributed by atoms with E-state index in [4.69, 9.17) is 0 Å². The van der Waals surface area contributed by atoms with Crippen LogP contribution in [0.1, 0.15) is 0 Å². The maximum absolute atomic E-state index is 0. The fourth-order valence-electron chi connectivity index (χ4n) is 0. The van der Waals surface area contributed by atoms with E-state index in [1.54, 1.807) is 0 Å². The standard InChI is InChI=1S/2Al.3H2O/h;;3*1H2/q;+3;;;/p-3. The van der Waals surface area contributed by atoms with E-state index in [9.17, 15) is 0 Å². The molecule has 5 heavy (non-hydrogen) atoms. The predicted molar refractivity (Wildman–Crippen MR) is 17.3 cm³/mol. The smallest absolute Gasteiger partial charge is 0.870 e. The molecule has 27 valence electrons. The summed E-state index contributed by atoms with van der Waals surface area (Å²) < 4.78 is 0. The van der Waals surface area contributed by atoms with E-state index < -0.39 is 0 Å². The van der Waals surface area contributed by atoms with Crippen LogP contribution >= 0.6 is 0 Å². The molecule has 5 heteroatoms. The molecule has 0 aromatic rings. The third-order valence-electron chi connectivity index (χ3n) is 0. The van der Waals surface area contributed by atoms with Gasteiger partial charge in [0.05, 0.1) is 0 Å². The fraction of sp³-hybridized carbons (Fsp3) is 0. The Kier molecular flexibility index (Phi) is 2810. The van der Waals surface area contributed by atoms with Crippen molar-refractivity contribution in [2.75, 3.05) is 0 Å². The minimum atomic E-state index is 0. The SMILES string of the molecule is [Al+3].[Al].[OH-].[OH-].[OH-]. The van der Waals surface area contributed by atoms with E-state index >= 15 is 0 Å². The van der Waals surface area contributed by atoms with Gasteiger partial charge in [-0.15, -0.1) is 0 Å². The zero-order chi connectivity index (χ0) is 0. The quantitative estimate of drug-likeness (QED) is 0.359. The van der Waals surface area contributed by atoms with Crippen LogP contribution in [0.2, 0.25) is 0 Å². The van der Waals surface area contributed by atoms with Gasteiger partial charge in [0, 0.05) is 17.4 Å². The minimum Gasteiger partial charge on any atom is -0.870 e. The van der Waals surface area contributed by atoms with Gasteiger partial charge in [0.2, 0.25) is 0 Å². The molecule has 3 radical (unpaired) electrons. The van der Waals surface area contributed by atoms with Crippen molar-refractivity contribution in [2.45, 2.75) is 0 Å². The largest absolute Gasteiger partial charge is 3.00 e. The molecule has 0 saturated carbocycles. The summed E-state index contributed by atoms with van der Waals surface area (Å²) in [5.74, 6) is 0. The maximum Gasteiger partial charge on any atom is 3.00 e. The summed E-state index contributed by atoms with van der Waals surface area (Å²) in [6, 6.07) is 0. The van der Waals surface area contributed by atoms with E-state index in [1.165, 1.54) is 0 Å². The second-order valence-corrected chi connectivity index (χ2v) is 0. The second kappa shape index (κ2) is 86.2. The topological polar surface area (TPSA) is 90.0 Å². The van der Waals surface area contributed by atoms with Crippen LogP contribution in [0.3, 0.4) is 0 Å². The normalized spacial score (nSPS) is 0. The molecular formula is H3Al2O3. The Bertz CT molecular complexity index is 4.85. The minimum absolute atomic E-state index is 0. The zero-order valence-corrected chi connectivity index (χ0v) is 4.81. The molecular weight excluding hydrogens is 102 g/mol. The average molecular weight is 105 g/mol. The van der Waals surface area contributed by atoms with Gasteiger partial charge >= 0.3 is 17.4 Å². The molecule has 0 rings (SSSR count). The van der Waals surface area contributed by atoms with Crippen LogP contribution in [0.4, 0.5) is 0 Å². The van der Waals surface area contributed by atoms with Gasteiger partial charge in [-0.3, -0.25) is 0 Å². The summed E-state index contributed by atoms with van der Waals surface area (Å²) >= 11 is 0. The molecule has 3 nitrogen and oxygen atoms in total. The fourth-order valence-corrected chi connectivity index (χ4v) is 0. The Morgan fingerprint density at radius 1 is 0.600 bits per heavy atom. The number of rotatable bonds is 0. The van der Waals surface area contributed by atoms with Crippen LogP contribution < -0.4 is 0 Å². The van der Waals surface area contributed by atoms with E-state index in [1.807, 2.05) is 0 Å². The first-order valence-corrected chi connectivity index (χ1v) is 0. The molecule has 0 unspecified atom stereocenters. The van der Waals surface area contributed by atoms with Gasteiger partial charge in [0.15, 0.2) is 0 Å². The zero-order valence-electron chi connectivity index (χ0n) is 2.50. The molecule has 3 N–H and O–H groups in total. The van der Waals surface area contributed by atoms with Crippen LogP contribution in [-0.2, 0) is 0 Å². The third kappa shape index (κ3) is 48.0. The summed E-state index contributed by atoms with van der Waals surface area (Å²) in [4.78, 5) is 0. The second-order valence-electron chi connectivity index (χ2n) is 0. The first-order chi connectivity index (χ1) is 0. The molecule has 0 aliphatic carbocycles. The van der Waals surface area contributed by atoms with E-state index in [0.29, 0.717) is 0 Å². The molecule has 0 aromatic heterocycles. The van der Waals surface area contributed by atoms with Crippen molar-refractivity contribution >= 4 is 34.7 Å². The van der Waals surface area contributed by atoms with Crippen LogP contribution in [-0.4, -0.2) is 51.2 Å². The van der Waals surface area contributed by atoms with E-state index in [0.717, 1.165) is 0 Å². The monoisotopic (exact) mass is 105 g/mol. The summed E-state index contributed by atoms with van der Waals surface area (Å²) in [5.41, 5.74) is 0. The summed E-state index contributed by atoms with van der Waals surface area (Å²) in [7, 11) is 0. The van der Waals surface area contributed by atoms with Crippen molar-refractivity contribution in [3.05, 3.63) is 0 Å². The van der Waals surface area contributed by atoms with E-state index in [2.05, 4.69) is 0 Å². The molecule has 0 atom stereocenters.